The maximum atomic E-state index is 9.95. The van der Waals surface area contributed by atoms with E-state index in [9.17, 15) is 4.79 Å². The number of hydrogen-bond donors (Lipinski definition) is 2. The summed E-state index contributed by atoms with van der Waals surface area (Å²) < 4.78 is 0. The van der Waals surface area contributed by atoms with Gasteiger partial charge in [-0.25, -0.2) is 0 Å². The van der Waals surface area contributed by atoms with Crippen molar-refractivity contribution in [2.24, 2.45) is 16.2 Å². The zero-order chi connectivity index (χ0) is 7.82. The van der Waals surface area contributed by atoms with Crippen molar-refractivity contribution in [3.8, 4) is 0 Å². The Balaban J connectivity index is 2.98. The number of carboxylic acid groups (broad SMARTS) is 1. The van der Waals surface area contributed by atoms with E-state index in [0.29, 0.717) is 13.0 Å². The first-order valence-corrected chi connectivity index (χ1v) is 3.06. The molecule has 3 N–H and O–H groups in total. The Morgan fingerprint density at radius 1 is 1.50 bits per heavy atom. The smallest absolute Gasteiger partial charge is 0.303 e. The van der Waals surface area contributed by atoms with Crippen LogP contribution in [0.4, 0.5) is 0 Å². The van der Waals surface area contributed by atoms with Gasteiger partial charge in [0.25, 0.3) is 0 Å². The predicted octanol–water partition coefficient (Wildman–Crippen LogP) is 0.567. The Hall–Kier alpha value is -1.13. The fourth-order valence-electron chi connectivity index (χ4n) is 0.516. The topological polar surface area (TPSA) is 88.0 Å². The zero-order valence-electron chi connectivity index (χ0n) is 5.66. The normalized spacial score (nSPS) is 10.4. The summed E-state index contributed by atoms with van der Waals surface area (Å²) in [5.41, 5.74) is 0. The number of rotatable bonds is 5. The molecule has 0 aliphatic rings. The maximum absolute atomic E-state index is 9.95. The van der Waals surface area contributed by atoms with E-state index < -0.39 is 5.97 Å². The molecule has 0 fully saturated rings. The van der Waals surface area contributed by atoms with Crippen LogP contribution in [0.15, 0.2) is 10.3 Å². The second-order valence-corrected chi connectivity index (χ2v) is 1.83. The summed E-state index contributed by atoms with van der Waals surface area (Å²) in [7, 11) is 0. The van der Waals surface area contributed by atoms with Crippen molar-refractivity contribution in [2.75, 3.05) is 6.54 Å². The van der Waals surface area contributed by atoms with Gasteiger partial charge in [-0.15, -0.1) is 0 Å². The molecule has 5 heteroatoms. The van der Waals surface area contributed by atoms with E-state index in [1.165, 1.54) is 0 Å². The number of aliphatic carboxylic acids is 1. The van der Waals surface area contributed by atoms with Gasteiger partial charge in [-0.05, 0) is 12.8 Å². The molecule has 0 bridgehead atoms. The van der Waals surface area contributed by atoms with Gasteiger partial charge >= 0.3 is 5.97 Å². The number of carboxylic acids is 1. The van der Waals surface area contributed by atoms with Crippen LogP contribution in [0.1, 0.15) is 19.3 Å². The molecule has 5 nitrogen and oxygen atoms in total. The van der Waals surface area contributed by atoms with Gasteiger partial charge in [0.15, 0.2) is 0 Å². The third-order valence-electron chi connectivity index (χ3n) is 0.980. The van der Waals surface area contributed by atoms with Crippen molar-refractivity contribution >= 4 is 5.97 Å². The first-order chi connectivity index (χ1) is 4.77. The molecule has 0 aromatic heterocycles. The predicted molar refractivity (Wildman–Crippen MR) is 35.4 cm³/mol. The van der Waals surface area contributed by atoms with Gasteiger partial charge in [0, 0.05) is 6.42 Å². The highest BCUT2D eigenvalue weighted by atomic mass is 16.4. The fraction of sp³-hybridized carbons (Fsp3) is 0.800. The average Bonchev–Trinajstić information content (AvgIpc) is 1.87. The summed E-state index contributed by atoms with van der Waals surface area (Å²) in [6.07, 6.45) is 1.56. The summed E-state index contributed by atoms with van der Waals surface area (Å²) in [6, 6.07) is 0. The lowest BCUT2D eigenvalue weighted by Gasteiger charge is -1.90. The molecule has 10 heavy (non-hydrogen) atoms. The lowest BCUT2D eigenvalue weighted by molar-refractivity contribution is -0.137. The molecule has 0 unspecified atom stereocenters. The Labute approximate surface area is 58.9 Å². The van der Waals surface area contributed by atoms with Crippen LogP contribution in [-0.2, 0) is 4.79 Å². The van der Waals surface area contributed by atoms with E-state index in [-0.39, 0.29) is 6.42 Å². The monoisotopic (exact) mass is 145 g/mol. The van der Waals surface area contributed by atoms with E-state index in [1.54, 1.807) is 0 Å². The highest BCUT2D eigenvalue weighted by Crippen LogP contribution is 1.94. The summed E-state index contributed by atoms with van der Waals surface area (Å²) in [5.74, 6) is 3.94. The van der Waals surface area contributed by atoms with Gasteiger partial charge in [0.1, 0.15) is 0 Å². The minimum absolute atomic E-state index is 0.195. The summed E-state index contributed by atoms with van der Waals surface area (Å²) >= 11 is 0. The Bertz CT molecular complexity index is 124. The molecule has 0 saturated heterocycles. The van der Waals surface area contributed by atoms with E-state index in [2.05, 4.69) is 10.3 Å². The molecule has 0 heterocycles. The Kier molecular flexibility index (Phi) is 5.32. The van der Waals surface area contributed by atoms with Crippen LogP contribution in [0.25, 0.3) is 0 Å². The van der Waals surface area contributed by atoms with Gasteiger partial charge in [0.2, 0.25) is 0 Å². The number of carbonyl (C=O) groups is 1. The Morgan fingerprint density at radius 3 is 2.70 bits per heavy atom. The van der Waals surface area contributed by atoms with Gasteiger partial charge < -0.3 is 10.9 Å². The zero-order valence-corrected chi connectivity index (χ0v) is 5.66. The van der Waals surface area contributed by atoms with E-state index in [4.69, 9.17) is 10.9 Å². The van der Waals surface area contributed by atoms with Crippen molar-refractivity contribution in [1.29, 1.82) is 0 Å². The van der Waals surface area contributed by atoms with Crippen molar-refractivity contribution in [1.82, 2.24) is 0 Å². The Morgan fingerprint density at radius 2 is 2.20 bits per heavy atom. The molecule has 0 spiro atoms. The van der Waals surface area contributed by atoms with Crippen LogP contribution in [-0.4, -0.2) is 17.6 Å². The quantitative estimate of drug-likeness (QED) is 0.256. The van der Waals surface area contributed by atoms with Gasteiger partial charge in [-0.3, -0.25) is 4.79 Å². The molecular weight excluding hydrogens is 134 g/mol. The van der Waals surface area contributed by atoms with Crippen LogP contribution in [0, 0.1) is 0 Å². The van der Waals surface area contributed by atoms with Crippen LogP contribution < -0.4 is 5.84 Å². The number of nitrogens with zero attached hydrogens (tertiary/aromatic N) is 2. The molecular formula is C5H11N3O2. The maximum Gasteiger partial charge on any atom is 0.303 e. The lowest BCUT2D eigenvalue weighted by Crippen LogP contribution is -1.94. The van der Waals surface area contributed by atoms with Crippen molar-refractivity contribution in [2.45, 2.75) is 19.3 Å². The minimum Gasteiger partial charge on any atom is -0.481 e. The molecule has 0 rings (SSSR count). The summed E-state index contributed by atoms with van der Waals surface area (Å²) in [6.45, 7) is 0.518. The fourth-order valence-corrected chi connectivity index (χ4v) is 0.516. The standard InChI is InChI=1S/C5H11N3O2/c6-8-7-4-2-1-3-5(9)10/h1-4H2,(H2,6,7)(H,9,10). The summed E-state index contributed by atoms with van der Waals surface area (Å²) in [5, 5.41) is 14.7. The van der Waals surface area contributed by atoms with Crippen molar-refractivity contribution in [3.05, 3.63) is 0 Å². The van der Waals surface area contributed by atoms with Crippen LogP contribution in [0.3, 0.4) is 0 Å². The molecule has 0 aliphatic heterocycles. The lowest BCUT2D eigenvalue weighted by atomic mass is 10.2. The van der Waals surface area contributed by atoms with E-state index in [1.807, 2.05) is 0 Å². The van der Waals surface area contributed by atoms with Gasteiger partial charge in [0.05, 0.1) is 6.54 Å². The molecule has 0 saturated carbocycles. The number of nitrogens with two attached hydrogens (primary N) is 1. The first-order valence-electron chi connectivity index (χ1n) is 3.06. The number of unbranched alkanes of at least 4 members (excludes halogenated alkanes) is 1. The first kappa shape index (κ1) is 8.87. The minimum atomic E-state index is -0.773. The van der Waals surface area contributed by atoms with Gasteiger partial charge in [-0.2, -0.15) is 5.11 Å². The average molecular weight is 145 g/mol. The summed E-state index contributed by atoms with van der Waals surface area (Å²) in [4.78, 5) is 9.95. The van der Waals surface area contributed by atoms with Crippen molar-refractivity contribution in [3.63, 3.8) is 0 Å². The molecule has 0 aromatic rings. The highest BCUT2D eigenvalue weighted by molar-refractivity contribution is 5.66. The van der Waals surface area contributed by atoms with Crippen molar-refractivity contribution < 1.29 is 9.90 Å². The highest BCUT2D eigenvalue weighted by Gasteiger charge is 1.94. The third-order valence-corrected chi connectivity index (χ3v) is 0.980. The molecule has 58 valence electrons. The molecule has 0 amide bonds. The molecule has 0 aliphatic carbocycles. The number of hydrogen-bond acceptors (Lipinski definition) is 3. The van der Waals surface area contributed by atoms with Crippen LogP contribution >= 0.6 is 0 Å². The third kappa shape index (κ3) is 6.87. The largest absolute Gasteiger partial charge is 0.481 e. The second kappa shape index (κ2) is 6.00. The SMILES string of the molecule is NN=NCCCCC(=O)O. The van der Waals surface area contributed by atoms with Gasteiger partial charge in [-0.1, -0.05) is 5.22 Å². The molecule has 0 aromatic carbocycles. The molecule has 0 radical (unpaired) electrons. The van der Waals surface area contributed by atoms with E-state index in [0.717, 1.165) is 6.42 Å². The van der Waals surface area contributed by atoms with E-state index >= 15 is 0 Å². The second-order valence-electron chi connectivity index (χ2n) is 1.83. The molecule has 0 atom stereocenters. The van der Waals surface area contributed by atoms with Crippen LogP contribution in [0.2, 0.25) is 0 Å². The van der Waals surface area contributed by atoms with Crippen LogP contribution in [0.5, 0.6) is 0 Å².